The number of anilines is 1. The molecule has 2 fully saturated rings. The molecule has 1 heterocycles. The normalized spacial score (nSPS) is 22.5. The summed E-state index contributed by atoms with van der Waals surface area (Å²) in [6, 6.07) is 9.23. The molecule has 2 amide bonds. The Morgan fingerprint density at radius 3 is 2.50 bits per heavy atom. The molecule has 1 aromatic rings. The van der Waals surface area contributed by atoms with Crippen molar-refractivity contribution in [3.63, 3.8) is 0 Å². The number of carbonyl (C=O) groups excluding carboxylic acids is 2. The highest BCUT2D eigenvalue weighted by atomic mass is 32.2. The van der Waals surface area contributed by atoms with Crippen LogP contribution in [0.1, 0.15) is 51.4 Å². The predicted octanol–water partition coefficient (Wildman–Crippen LogP) is 3.70. The SMILES string of the molecule is O=C(C[C@H]1S/C(=N/N=C2CCCCCCC2)NC1=O)Nc1ccccc1. The highest BCUT2D eigenvalue weighted by Gasteiger charge is 2.32. The molecule has 2 N–H and O–H groups in total. The molecule has 0 spiro atoms. The Hall–Kier alpha value is -2.15. The lowest BCUT2D eigenvalue weighted by molar-refractivity contribution is -0.122. The van der Waals surface area contributed by atoms with Gasteiger partial charge < -0.3 is 10.6 Å². The smallest absolute Gasteiger partial charge is 0.240 e. The lowest BCUT2D eigenvalue weighted by atomic mass is 9.99. The molecule has 3 rings (SSSR count). The van der Waals surface area contributed by atoms with Gasteiger partial charge in [0.25, 0.3) is 0 Å². The van der Waals surface area contributed by atoms with Crippen LogP contribution in [-0.4, -0.2) is 27.9 Å². The van der Waals surface area contributed by atoms with Crippen molar-refractivity contribution in [2.75, 3.05) is 5.32 Å². The number of amides is 2. The zero-order chi connectivity index (χ0) is 18.2. The molecule has 1 saturated heterocycles. The molecule has 26 heavy (non-hydrogen) atoms. The number of amidine groups is 1. The summed E-state index contributed by atoms with van der Waals surface area (Å²) in [4.78, 5) is 24.2. The van der Waals surface area contributed by atoms with Gasteiger partial charge in [0.05, 0.1) is 0 Å². The van der Waals surface area contributed by atoms with Crippen LogP contribution in [0.15, 0.2) is 40.5 Å². The van der Waals surface area contributed by atoms with E-state index < -0.39 is 5.25 Å². The van der Waals surface area contributed by atoms with Gasteiger partial charge >= 0.3 is 0 Å². The minimum Gasteiger partial charge on any atom is -0.326 e. The summed E-state index contributed by atoms with van der Waals surface area (Å²) in [7, 11) is 0. The van der Waals surface area contributed by atoms with E-state index in [1.54, 1.807) is 0 Å². The van der Waals surface area contributed by atoms with E-state index in [2.05, 4.69) is 20.8 Å². The van der Waals surface area contributed by atoms with E-state index in [0.717, 1.165) is 37.1 Å². The number of carbonyl (C=O) groups is 2. The first-order valence-electron chi connectivity index (χ1n) is 9.16. The average molecular weight is 372 g/mol. The van der Waals surface area contributed by atoms with E-state index in [0.29, 0.717) is 5.17 Å². The number of rotatable bonds is 4. The third kappa shape index (κ3) is 5.69. The second kappa shape index (κ2) is 9.52. The van der Waals surface area contributed by atoms with Crippen LogP contribution in [-0.2, 0) is 9.59 Å². The first-order valence-corrected chi connectivity index (χ1v) is 10.0. The second-order valence-electron chi connectivity index (χ2n) is 6.55. The van der Waals surface area contributed by atoms with Gasteiger partial charge in [-0.3, -0.25) is 9.59 Å². The molecule has 138 valence electrons. The number of nitrogens with one attached hydrogen (secondary N) is 2. The maximum absolute atomic E-state index is 12.1. The Balaban J connectivity index is 1.53. The van der Waals surface area contributed by atoms with Crippen molar-refractivity contribution in [1.82, 2.24) is 5.32 Å². The van der Waals surface area contributed by atoms with E-state index in [9.17, 15) is 9.59 Å². The minimum atomic E-state index is -0.463. The van der Waals surface area contributed by atoms with E-state index >= 15 is 0 Å². The lowest BCUT2D eigenvalue weighted by Crippen LogP contribution is -2.28. The molecule has 1 aliphatic carbocycles. The second-order valence-corrected chi connectivity index (χ2v) is 7.74. The lowest BCUT2D eigenvalue weighted by Gasteiger charge is -2.09. The first kappa shape index (κ1) is 18.6. The van der Waals surface area contributed by atoms with Crippen LogP contribution in [0.4, 0.5) is 5.69 Å². The largest absolute Gasteiger partial charge is 0.326 e. The van der Waals surface area contributed by atoms with Crippen LogP contribution in [0.5, 0.6) is 0 Å². The number of hydrogen-bond acceptors (Lipinski definition) is 5. The summed E-state index contributed by atoms with van der Waals surface area (Å²) in [6.07, 6.45) is 8.20. The van der Waals surface area contributed by atoms with Crippen LogP contribution in [0.2, 0.25) is 0 Å². The minimum absolute atomic E-state index is 0.112. The topological polar surface area (TPSA) is 82.9 Å². The monoisotopic (exact) mass is 372 g/mol. The van der Waals surface area contributed by atoms with E-state index in [-0.39, 0.29) is 18.2 Å². The number of benzene rings is 1. The van der Waals surface area contributed by atoms with Crippen LogP contribution >= 0.6 is 11.8 Å². The fourth-order valence-corrected chi connectivity index (χ4v) is 3.94. The highest BCUT2D eigenvalue weighted by Crippen LogP contribution is 2.23. The van der Waals surface area contributed by atoms with E-state index in [1.165, 1.54) is 31.0 Å². The summed E-state index contributed by atoms with van der Waals surface area (Å²) < 4.78 is 0. The molecule has 0 bridgehead atoms. The molecule has 0 aromatic heterocycles. The Morgan fingerprint density at radius 2 is 1.77 bits per heavy atom. The Labute approximate surface area is 157 Å². The Bertz CT molecular complexity index is 693. The molecule has 6 nitrogen and oxygen atoms in total. The summed E-state index contributed by atoms with van der Waals surface area (Å²) in [5.74, 6) is -0.369. The van der Waals surface area contributed by atoms with Gasteiger partial charge in [0.15, 0.2) is 5.17 Å². The molecule has 2 aliphatic rings. The van der Waals surface area contributed by atoms with Gasteiger partial charge in [0, 0.05) is 17.8 Å². The number of para-hydroxylation sites is 1. The van der Waals surface area contributed by atoms with Crippen molar-refractivity contribution < 1.29 is 9.59 Å². The summed E-state index contributed by atoms with van der Waals surface area (Å²) in [5, 5.41) is 14.1. The van der Waals surface area contributed by atoms with Crippen molar-refractivity contribution in [2.24, 2.45) is 10.2 Å². The molecule has 1 saturated carbocycles. The van der Waals surface area contributed by atoms with Gasteiger partial charge in [-0.1, -0.05) is 49.2 Å². The standard InChI is InChI=1S/C19H24N4O2S/c24-17(20-14-9-7-4-8-10-14)13-16-18(25)21-19(26-16)23-22-15-11-5-2-1-3-6-12-15/h4,7-10,16H,1-3,5-6,11-13H2,(H,20,24)(H,21,23,25)/t16-/m1/s1. The highest BCUT2D eigenvalue weighted by molar-refractivity contribution is 8.15. The van der Waals surface area contributed by atoms with Gasteiger partial charge in [-0.25, -0.2) is 0 Å². The Kier molecular flexibility index (Phi) is 6.82. The zero-order valence-electron chi connectivity index (χ0n) is 14.7. The third-order valence-electron chi connectivity index (χ3n) is 4.42. The molecular weight excluding hydrogens is 348 g/mol. The fraction of sp³-hybridized carbons (Fsp3) is 0.474. The molecule has 1 aromatic carbocycles. The maximum Gasteiger partial charge on any atom is 0.240 e. The quantitative estimate of drug-likeness (QED) is 0.791. The molecular formula is C19H24N4O2S. The van der Waals surface area contributed by atoms with E-state index in [4.69, 9.17) is 0 Å². The number of thioether (sulfide) groups is 1. The van der Waals surface area contributed by atoms with Crippen LogP contribution in [0.25, 0.3) is 0 Å². The Morgan fingerprint density at radius 1 is 1.08 bits per heavy atom. The average Bonchev–Trinajstić information content (AvgIpc) is 2.94. The maximum atomic E-state index is 12.1. The molecule has 7 heteroatoms. The molecule has 0 unspecified atom stereocenters. The van der Waals surface area contributed by atoms with Crippen molar-refractivity contribution in [3.8, 4) is 0 Å². The third-order valence-corrected chi connectivity index (χ3v) is 5.49. The van der Waals surface area contributed by atoms with Crippen LogP contribution in [0.3, 0.4) is 0 Å². The van der Waals surface area contributed by atoms with Gasteiger partial charge in [-0.2, -0.15) is 5.10 Å². The first-order chi connectivity index (χ1) is 12.7. The molecule has 1 aliphatic heterocycles. The van der Waals surface area contributed by atoms with E-state index in [1.807, 2.05) is 30.3 Å². The summed E-state index contributed by atoms with van der Waals surface area (Å²) >= 11 is 1.28. The number of hydrogen-bond donors (Lipinski definition) is 2. The van der Waals surface area contributed by atoms with Gasteiger partial charge in [0.2, 0.25) is 11.8 Å². The van der Waals surface area contributed by atoms with Crippen molar-refractivity contribution in [1.29, 1.82) is 0 Å². The summed E-state index contributed by atoms with van der Waals surface area (Å²) in [6.45, 7) is 0. The van der Waals surface area contributed by atoms with Crippen molar-refractivity contribution in [3.05, 3.63) is 30.3 Å². The van der Waals surface area contributed by atoms with Gasteiger partial charge in [-0.15, -0.1) is 5.10 Å². The van der Waals surface area contributed by atoms with Crippen molar-refractivity contribution in [2.45, 2.75) is 56.6 Å². The van der Waals surface area contributed by atoms with Gasteiger partial charge in [-0.05, 0) is 37.8 Å². The van der Waals surface area contributed by atoms with Crippen molar-refractivity contribution >= 4 is 40.1 Å². The van der Waals surface area contributed by atoms with Crippen LogP contribution in [0, 0.1) is 0 Å². The molecule has 0 radical (unpaired) electrons. The summed E-state index contributed by atoms with van der Waals surface area (Å²) in [5.41, 5.74) is 1.84. The van der Waals surface area contributed by atoms with Crippen LogP contribution < -0.4 is 10.6 Å². The zero-order valence-corrected chi connectivity index (χ0v) is 15.6. The molecule has 1 atom stereocenters. The van der Waals surface area contributed by atoms with Gasteiger partial charge in [0.1, 0.15) is 5.25 Å². The number of nitrogens with zero attached hydrogens (tertiary/aromatic N) is 2. The fourth-order valence-electron chi connectivity index (χ4n) is 3.02. The predicted molar refractivity (Wildman–Crippen MR) is 106 cm³/mol.